The number of carbonyl (C=O) groups excluding carboxylic acids is 1. The molecule has 0 aromatic carbocycles. The van der Waals surface area contributed by atoms with E-state index >= 15 is 0 Å². The highest BCUT2D eigenvalue weighted by molar-refractivity contribution is 6.17. The smallest absolute Gasteiger partial charge is 0.338 e. The Hall–Kier alpha value is -2.32. The number of aliphatic imine (C=N–C) groups is 1. The van der Waals surface area contributed by atoms with Crippen LogP contribution in [0.5, 0.6) is 0 Å². The molecule has 3 rings (SSSR count). The summed E-state index contributed by atoms with van der Waals surface area (Å²) < 4.78 is 10.9. The van der Waals surface area contributed by atoms with Crippen LogP contribution in [0.25, 0.3) is 0 Å². The van der Waals surface area contributed by atoms with E-state index in [1.165, 1.54) is 0 Å². The molecule has 8 heteroatoms. The van der Waals surface area contributed by atoms with Crippen molar-refractivity contribution in [1.82, 2.24) is 10.3 Å². The van der Waals surface area contributed by atoms with Crippen molar-refractivity contribution in [3.05, 3.63) is 28.6 Å². The van der Waals surface area contributed by atoms with E-state index in [0.29, 0.717) is 24.5 Å². The topological polar surface area (TPSA) is 110 Å². The number of nitrogens with one attached hydrogen (secondary N) is 1. The quantitative estimate of drug-likeness (QED) is 0.852. The Morgan fingerprint density at radius 3 is 2.56 bits per heavy atom. The highest BCUT2D eigenvalue weighted by Crippen LogP contribution is 2.31. The number of amidine groups is 1. The summed E-state index contributed by atoms with van der Waals surface area (Å²) in [7, 11) is 0. The van der Waals surface area contributed by atoms with Crippen molar-refractivity contribution in [2.45, 2.75) is 39.5 Å². The molecule has 0 saturated carbocycles. The van der Waals surface area contributed by atoms with Crippen molar-refractivity contribution in [3.63, 3.8) is 0 Å². The predicted molar refractivity (Wildman–Crippen MR) is 88.5 cm³/mol. The lowest BCUT2D eigenvalue weighted by molar-refractivity contribution is -0.124. The van der Waals surface area contributed by atoms with Crippen LogP contribution in [0.4, 0.5) is 0 Å². The fourth-order valence-electron chi connectivity index (χ4n) is 2.87. The lowest BCUT2D eigenvalue weighted by Crippen LogP contribution is -2.41. The first kappa shape index (κ1) is 17.5. The summed E-state index contributed by atoms with van der Waals surface area (Å²) in [5.41, 5.74) is 0.0625. The van der Waals surface area contributed by atoms with Crippen molar-refractivity contribution < 1.29 is 24.2 Å². The number of aromatic nitrogens is 1. The third-order valence-corrected chi connectivity index (χ3v) is 4.65. The van der Waals surface area contributed by atoms with Crippen LogP contribution >= 0.6 is 0 Å². The van der Waals surface area contributed by atoms with E-state index in [1.807, 2.05) is 13.8 Å². The first-order valence-corrected chi connectivity index (χ1v) is 8.13. The maximum atomic E-state index is 12.4. The molecule has 8 nitrogen and oxygen atoms in total. The summed E-state index contributed by atoms with van der Waals surface area (Å²) in [5.74, 6) is -1.33. The van der Waals surface area contributed by atoms with Gasteiger partial charge in [0.25, 0.3) is 5.91 Å². The summed E-state index contributed by atoms with van der Waals surface area (Å²) >= 11 is 0. The molecule has 2 N–H and O–H groups in total. The maximum absolute atomic E-state index is 12.4. The minimum atomic E-state index is -1.17. The molecule has 0 radical (unpaired) electrons. The molecule has 0 spiro atoms. The number of hydrogen-bond acceptors (Lipinski definition) is 6. The van der Waals surface area contributed by atoms with E-state index in [0.717, 1.165) is 0 Å². The molecule has 2 aliphatic rings. The van der Waals surface area contributed by atoms with Crippen molar-refractivity contribution in [2.75, 3.05) is 13.2 Å². The number of carbonyl (C=O) groups is 2. The lowest BCUT2D eigenvalue weighted by atomic mass is 9.89. The lowest BCUT2D eigenvalue weighted by Gasteiger charge is -2.21. The zero-order valence-corrected chi connectivity index (χ0v) is 14.6. The third kappa shape index (κ3) is 2.91. The van der Waals surface area contributed by atoms with E-state index in [1.54, 1.807) is 19.9 Å². The number of pyridine rings is 1. The fourth-order valence-corrected chi connectivity index (χ4v) is 2.87. The number of carboxylic acid groups (broad SMARTS) is 1. The molecule has 0 bridgehead atoms. The monoisotopic (exact) mass is 347 g/mol. The van der Waals surface area contributed by atoms with Gasteiger partial charge in [0, 0.05) is 11.3 Å². The van der Waals surface area contributed by atoms with Crippen LogP contribution in [0.2, 0.25) is 0 Å². The molecule has 2 aliphatic heterocycles. The number of hydrogen-bond donors (Lipinski definition) is 2. The number of aryl methyl sites for hydroxylation is 1. The molecule has 25 heavy (non-hydrogen) atoms. The fraction of sp³-hybridized carbons (Fsp3) is 0.529. The largest absolute Gasteiger partial charge is 0.478 e. The van der Waals surface area contributed by atoms with Gasteiger partial charge in [0.1, 0.15) is 11.2 Å². The summed E-state index contributed by atoms with van der Waals surface area (Å²) in [4.78, 5) is 33.1. The summed E-state index contributed by atoms with van der Waals surface area (Å²) in [6, 6.07) is 1.63. The molecule has 1 amide bonds. The first-order valence-electron chi connectivity index (χ1n) is 8.13. The van der Waals surface area contributed by atoms with Gasteiger partial charge in [0.2, 0.25) is 0 Å². The second kappa shape index (κ2) is 6.20. The van der Waals surface area contributed by atoms with Crippen molar-refractivity contribution in [2.24, 2.45) is 10.9 Å². The van der Waals surface area contributed by atoms with Gasteiger partial charge in [-0.2, -0.15) is 0 Å². The molecule has 1 atom stereocenters. The Kier molecular flexibility index (Phi) is 4.34. The summed E-state index contributed by atoms with van der Waals surface area (Å²) in [5, 5.41) is 12.4. The minimum absolute atomic E-state index is 0.0518. The summed E-state index contributed by atoms with van der Waals surface area (Å²) in [6.45, 7) is 8.03. The van der Waals surface area contributed by atoms with Gasteiger partial charge in [-0.1, -0.05) is 13.8 Å². The minimum Gasteiger partial charge on any atom is -0.478 e. The maximum Gasteiger partial charge on any atom is 0.338 e. The summed E-state index contributed by atoms with van der Waals surface area (Å²) in [6.07, 6.45) is -0.763. The van der Waals surface area contributed by atoms with Gasteiger partial charge in [-0.05, 0) is 25.8 Å². The number of ether oxygens (including phenoxy) is 2. The van der Waals surface area contributed by atoms with Gasteiger partial charge in [-0.25, -0.2) is 14.8 Å². The number of rotatable bonds is 4. The van der Waals surface area contributed by atoms with Gasteiger partial charge in [0.15, 0.2) is 12.1 Å². The zero-order chi connectivity index (χ0) is 18.4. The van der Waals surface area contributed by atoms with Gasteiger partial charge in [-0.15, -0.1) is 0 Å². The Balaban J connectivity index is 2.16. The van der Waals surface area contributed by atoms with Gasteiger partial charge >= 0.3 is 5.97 Å². The Morgan fingerprint density at radius 1 is 1.40 bits per heavy atom. The number of amides is 1. The van der Waals surface area contributed by atoms with Crippen LogP contribution in [-0.4, -0.2) is 46.6 Å². The van der Waals surface area contributed by atoms with Gasteiger partial charge < -0.3 is 19.9 Å². The molecule has 1 unspecified atom stereocenters. The van der Waals surface area contributed by atoms with Crippen molar-refractivity contribution in [1.29, 1.82) is 0 Å². The van der Waals surface area contributed by atoms with E-state index in [9.17, 15) is 14.7 Å². The number of aromatic carboxylic acids is 1. The van der Waals surface area contributed by atoms with Gasteiger partial charge in [0.05, 0.1) is 18.8 Å². The molecule has 0 aliphatic carbocycles. The molecule has 1 aromatic heterocycles. The normalized spacial score (nSPS) is 23.9. The third-order valence-electron chi connectivity index (χ3n) is 4.65. The molecule has 1 fully saturated rings. The van der Waals surface area contributed by atoms with Gasteiger partial charge in [-0.3, -0.25) is 4.79 Å². The van der Waals surface area contributed by atoms with Crippen molar-refractivity contribution in [3.8, 4) is 0 Å². The van der Waals surface area contributed by atoms with Crippen LogP contribution < -0.4 is 5.32 Å². The van der Waals surface area contributed by atoms with E-state index in [4.69, 9.17) is 9.47 Å². The van der Waals surface area contributed by atoms with Crippen LogP contribution in [0.3, 0.4) is 0 Å². The predicted octanol–water partition coefficient (Wildman–Crippen LogP) is 1.42. The second-order valence-corrected chi connectivity index (χ2v) is 6.67. The van der Waals surface area contributed by atoms with Crippen LogP contribution in [0, 0.1) is 12.8 Å². The number of nitrogens with zero attached hydrogens (tertiary/aromatic N) is 2. The van der Waals surface area contributed by atoms with Crippen LogP contribution in [0.15, 0.2) is 11.1 Å². The van der Waals surface area contributed by atoms with E-state index < -0.39 is 17.8 Å². The molecule has 1 aromatic rings. The first-order chi connectivity index (χ1) is 11.7. The molecule has 1 saturated heterocycles. The van der Waals surface area contributed by atoms with E-state index in [2.05, 4.69) is 15.3 Å². The molecular formula is C17H21N3O5. The van der Waals surface area contributed by atoms with Crippen molar-refractivity contribution >= 4 is 17.7 Å². The Labute approximate surface area is 145 Å². The van der Waals surface area contributed by atoms with Crippen LogP contribution in [-0.2, 0) is 14.3 Å². The van der Waals surface area contributed by atoms with Crippen LogP contribution in [0.1, 0.15) is 54.4 Å². The van der Waals surface area contributed by atoms with E-state index in [-0.39, 0.29) is 28.9 Å². The zero-order valence-electron chi connectivity index (χ0n) is 14.6. The highest BCUT2D eigenvalue weighted by Gasteiger charge is 2.43. The SMILES string of the molecule is Cc1cc(C2OCCO2)c(C(=O)O)c(C2=NC(C)(C(C)C)C(=O)N2)n1. The molecule has 3 heterocycles. The average molecular weight is 347 g/mol. The highest BCUT2D eigenvalue weighted by atomic mass is 16.7. The Morgan fingerprint density at radius 2 is 2.04 bits per heavy atom. The molecule has 134 valence electrons. The standard InChI is InChI=1S/C17H21N3O5/c1-8(2)17(4)16(23)19-13(20-17)12-11(14(21)22)10(7-9(3)18-12)15-24-5-6-25-15/h7-8,15H,5-6H2,1-4H3,(H,21,22)(H,19,20,23). The molecular weight excluding hydrogens is 326 g/mol. The second-order valence-electron chi connectivity index (χ2n) is 6.67. The average Bonchev–Trinajstić information content (AvgIpc) is 3.15. The number of carboxylic acids is 1. The Bertz CT molecular complexity index is 768.